The molecule has 0 saturated carbocycles. The van der Waals surface area contributed by atoms with E-state index in [-0.39, 0.29) is 5.91 Å². The number of aromatic nitrogens is 1. The van der Waals surface area contributed by atoms with Crippen LogP contribution in [0.5, 0.6) is 0 Å². The first kappa shape index (κ1) is 20.9. The first-order valence-electron chi connectivity index (χ1n) is 10.7. The number of benzene rings is 3. The van der Waals surface area contributed by atoms with Crippen molar-refractivity contribution in [1.29, 1.82) is 0 Å². The molecule has 2 aromatic heterocycles. The van der Waals surface area contributed by atoms with Crippen LogP contribution in [0.15, 0.2) is 97.1 Å². The highest BCUT2D eigenvalue weighted by atomic mass is 32.1. The maximum absolute atomic E-state index is 13.4. The van der Waals surface area contributed by atoms with Crippen LogP contribution < -0.4 is 5.73 Å². The number of pyridine rings is 1. The average molecular weight is 450 g/mol. The molecule has 5 heteroatoms. The third-order valence-electron chi connectivity index (χ3n) is 5.66. The van der Waals surface area contributed by atoms with Gasteiger partial charge in [0.25, 0.3) is 5.91 Å². The van der Waals surface area contributed by atoms with Gasteiger partial charge >= 0.3 is 0 Å². The van der Waals surface area contributed by atoms with E-state index in [0.29, 0.717) is 17.1 Å². The van der Waals surface area contributed by atoms with Gasteiger partial charge in [-0.2, -0.15) is 0 Å². The van der Waals surface area contributed by atoms with Gasteiger partial charge in [0, 0.05) is 24.5 Å². The molecule has 0 aliphatic heterocycles. The first-order chi connectivity index (χ1) is 16.1. The smallest absolute Gasteiger partial charge is 0.266 e. The summed E-state index contributed by atoms with van der Waals surface area (Å²) >= 11 is 1.36. The Morgan fingerprint density at radius 2 is 1.45 bits per heavy atom. The normalized spacial score (nSPS) is 10.9. The second-order valence-corrected chi connectivity index (χ2v) is 8.96. The van der Waals surface area contributed by atoms with Gasteiger partial charge in [0.1, 0.15) is 9.71 Å². The predicted octanol–water partition coefficient (Wildman–Crippen LogP) is 6.48. The number of carbonyl (C=O) groups is 1. The van der Waals surface area contributed by atoms with Crippen LogP contribution in [0.4, 0.5) is 5.69 Å². The molecule has 33 heavy (non-hydrogen) atoms. The fourth-order valence-corrected chi connectivity index (χ4v) is 5.10. The quantitative estimate of drug-likeness (QED) is 0.334. The van der Waals surface area contributed by atoms with Gasteiger partial charge in [-0.1, -0.05) is 91.0 Å². The van der Waals surface area contributed by atoms with E-state index in [4.69, 9.17) is 10.7 Å². The highest BCUT2D eigenvalue weighted by molar-refractivity contribution is 7.21. The van der Waals surface area contributed by atoms with E-state index in [1.165, 1.54) is 11.3 Å². The SMILES string of the molecule is CN(Cc1ccccc1)C(=O)c1sc2nc(-c3ccccc3)cc(-c3ccccc3)c2c1N. The maximum atomic E-state index is 13.4. The Labute approximate surface area is 197 Å². The molecule has 3 aromatic carbocycles. The summed E-state index contributed by atoms with van der Waals surface area (Å²) in [6.07, 6.45) is 0. The van der Waals surface area contributed by atoms with Crippen molar-refractivity contribution in [2.75, 3.05) is 12.8 Å². The molecule has 0 saturated heterocycles. The van der Waals surface area contributed by atoms with Crippen molar-refractivity contribution in [3.63, 3.8) is 0 Å². The zero-order chi connectivity index (χ0) is 22.8. The van der Waals surface area contributed by atoms with Crippen molar-refractivity contribution in [3.05, 3.63) is 108 Å². The van der Waals surface area contributed by atoms with Gasteiger partial charge in [-0.3, -0.25) is 4.79 Å². The van der Waals surface area contributed by atoms with Crippen molar-refractivity contribution in [2.45, 2.75) is 6.54 Å². The minimum absolute atomic E-state index is 0.0976. The van der Waals surface area contributed by atoms with Gasteiger partial charge in [0.2, 0.25) is 0 Å². The summed E-state index contributed by atoms with van der Waals surface area (Å²) in [6, 6.07) is 32.2. The van der Waals surface area contributed by atoms with E-state index in [2.05, 4.69) is 18.2 Å². The molecule has 5 aromatic rings. The van der Waals surface area contributed by atoms with Crippen LogP contribution in [-0.4, -0.2) is 22.8 Å². The molecule has 0 spiro atoms. The molecule has 0 bridgehead atoms. The molecule has 162 valence electrons. The Morgan fingerprint density at radius 3 is 2.09 bits per heavy atom. The minimum atomic E-state index is -0.0976. The Hall–Kier alpha value is -3.96. The summed E-state index contributed by atoms with van der Waals surface area (Å²) in [5.41, 5.74) is 12.1. The number of nitrogen functional groups attached to an aromatic ring is 1. The first-order valence-corrected chi connectivity index (χ1v) is 11.6. The molecular formula is C28H23N3OS. The lowest BCUT2D eigenvalue weighted by molar-refractivity contribution is 0.0791. The fraction of sp³-hybridized carbons (Fsp3) is 0.0714. The highest BCUT2D eigenvalue weighted by Crippen LogP contribution is 2.41. The average Bonchev–Trinajstić information content (AvgIpc) is 3.21. The molecule has 2 heterocycles. The van der Waals surface area contributed by atoms with Crippen molar-refractivity contribution in [2.24, 2.45) is 0 Å². The second kappa shape index (κ2) is 8.88. The minimum Gasteiger partial charge on any atom is -0.397 e. The third kappa shape index (κ3) is 4.11. The molecule has 0 aliphatic carbocycles. The predicted molar refractivity (Wildman–Crippen MR) is 137 cm³/mol. The van der Waals surface area contributed by atoms with E-state index >= 15 is 0 Å². The molecule has 1 amide bonds. The molecule has 2 N–H and O–H groups in total. The summed E-state index contributed by atoms with van der Waals surface area (Å²) in [5.74, 6) is -0.0976. The van der Waals surface area contributed by atoms with Gasteiger partial charge in [-0.05, 0) is 22.8 Å². The van der Waals surface area contributed by atoms with Crippen LogP contribution >= 0.6 is 11.3 Å². The van der Waals surface area contributed by atoms with Crippen LogP contribution in [-0.2, 0) is 6.54 Å². The number of nitrogens with two attached hydrogens (primary N) is 1. The summed E-state index contributed by atoms with van der Waals surface area (Å²) in [5, 5.41) is 0.836. The number of amides is 1. The third-order valence-corrected chi connectivity index (χ3v) is 6.74. The molecule has 0 atom stereocenters. The van der Waals surface area contributed by atoms with Crippen molar-refractivity contribution < 1.29 is 4.79 Å². The van der Waals surface area contributed by atoms with Gasteiger partial charge in [-0.25, -0.2) is 4.98 Å². The standard InChI is InChI=1S/C28H23N3OS/c1-31(18-19-11-5-2-6-12-19)28(32)26-25(29)24-22(20-13-7-3-8-14-20)17-23(30-27(24)33-26)21-15-9-4-10-16-21/h2-17H,18,29H2,1H3. The number of hydrogen-bond donors (Lipinski definition) is 1. The number of anilines is 1. The van der Waals surface area contributed by atoms with Crippen molar-refractivity contribution >= 4 is 33.1 Å². The van der Waals surface area contributed by atoms with E-state index in [0.717, 1.165) is 38.2 Å². The van der Waals surface area contributed by atoms with Gasteiger partial charge in [-0.15, -0.1) is 11.3 Å². The van der Waals surface area contributed by atoms with Crippen molar-refractivity contribution in [1.82, 2.24) is 9.88 Å². The monoisotopic (exact) mass is 449 g/mol. The number of nitrogens with zero attached hydrogens (tertiary/aromatic N) is 2. The van der Waals surface area contributed by atoms with Gasteiger partial charge in [0.05, 0.1) is 11.4 Å². The van der Waals surface area contributed by atoms with E-state index in [1.54, 1.807) is 11.9 Å². The second-order valence-electron chi connectivity index (χ2n) is 7.96. The Bertz CT molecular complexity index is 1410. The van der Waals surface area contributed by atoms with Crippen LogP contribution in [0.25, 0.3) is 32.6 Å². The van der Waals surface area contributed by atoms with E-state index in [1.807, 2.05) is 78.9 Å². The van der Waals surface area contributed by atoms with Crippen LogP contribution in [0.3, 0.4) is 0 Å². The number of carbonyl (C=O) groups excluding carboxylic acids is 1. The van der Waals surface area contributed by atoms with Gasteiger partial charge < -0.3 is 10.6 Å². The molecule has 5 rings (SSSR count). The largest absolute Gasteiger partial charge is 0.397 e. The van der Waals surface area contributed by atoms with Crippen molar-refractivity contribution in [3.8, 4) is 22.4 Å². The molecule has 0 aliphatic rings. The van der Waals surface area contributed by atoms with Crippen LogP contribution in [0.1, 0.15) is 15.2 Å². The Balaban J connectivity index is 1.63. The zero-order valence-electron chi connectivity index (χ0n) is 18.2. The Morgan fingerprint density at radius 1 is 0.879 bits per heavy atom. The van der Waals surface area contributed by atoms with E-state index < -0.39 is 0 Å². The van der Waals surface area contributed by atoms with Crippen LogP contribution in [0.2, 0.25) is 0 Å². The van der Waals surface area contributed by atoms with Crippen LogP contribution in [0, 0.1) is 0 Å². The summed E-state index contributed by atoms with van der Waals surface area (Å²) in [7, 11) is 1.81. The Kier molecular flexibility index (Phi) is 5.63. The lowest BCUT2D eigenvalue weighted by Crippen LogP contribution is -2.26. The topological polar surface area (TPSA) is 59.2 Å². The van der Waals surface area contributed by atoms with E-state index in [9.17, 15) is 4.79 Å². The maximum Gasteiger partial charge on any atom is 0.266 e. The number of rotatable bonds is 5. The molecular weight excluding hydrogens is 426 g/mol. The molecule has 4 nitrogen and oxygen atoms in total. The van der Waals surface area contributed by atoms with Gasteiger partial charge in [0.15, 0.2) is 0 Å². The molecule has 0 fully saturated rings. The lowest BCUT2D eigenvalue weighted by atomic mass is 9.99. The summed E-state index contributed by atoms with van der Waals surface area (Å²) in [6.45, 7) is 0.515. The highest BCUT2D eigenvalue weighted by Gasteiger charge is 2.23. The summed E-state index contributed by atoms with van der Waals surface area (Å²) in [4.78, 5) is 21.3. The number of hydrogen-bond acceptors (Lipinski definition) is 4. The summed E-state index contributed by atoms with van der Waals surface area (Å²) < 4.78 is 0. The fourth-order valence-electron chi connectivity index (χ4n) is 3.98. The zero-order valence-corrected chi connectivity index (χ0v) is 19.0. The lowest BCUT2D eigenvalue weighted by Gasteiger charge is -2.16. The molecule has 0 unspecified atom stereocenters. The number of fused-ring (bicyclic) bond motifs is 1. The number of thiophene rings is 1. The molecule has 0 radical (unpaired) electrons.